The van der Waals surface area contributed by atoms with Gasteiger partial charge in [0.25, 0.3) is 0 Å². The van der Waals surface area contributed by atoms with Crippen LogP contribution < -0.4 is 4.90 Å². The molecule has 0 amide bonds. The normalized spacial score (nSPS) is 14.7. The first-order valence-corrected chi connectivity index (χ1v) is 8.12. The topological polar surface area (TPSA) is 60.2 Å². The summed E-state index contributed by atoms with van der Waals surface area (Å²) in [6, 6.07) is 10.1. The standard InChI is InChI=1S/C15H18N4O2S/c1-3-12(13(20)21-2)22-15-17-16-14-18(9-10-19(14)15)11-7-5-4-6-8-11/h4-8,12H,3,9-10H2,1-2H3/t12-/m0/s1. The summed E-state index contributed by atoms with van der Waals surface area (Å²) in [5, 5.41) is 9.06. The van der Waals surface area contributed by atoms with Gasteiger partial charge in [0.2, 0.25) is 5.95 Å². The van der Waals surface area contributed by atoms with Gasteiger partial charge in [0.05, 0.1) is 7.11 Å². The second-order valence-corrected chi connectivity index (χ2v) is 6.13. The molecular formula is C15H18N4O2S. The number of carbonyl (C=O) groups is 1. The first-order valence-electron chi connectivity index (χ1n) is 7.25. The molecule has 0 saturated carbocycles. The number of anilines is 2. The second kappa shape index (κ2) is 6.39. The van der Waals surface area contributed by atoms with Crippen molar-refractivity contribution in [3.63, 3.8) is 0 Å². The average molecular weight is 318 g/mol. The Morgan fingerprint density at radius 2 is 2.09 bits per heavy atom. The summed E-state index contributed by atoms with van der Waals surface area (Å²) >= 11 is 1.42. The number of para-hydroxylation sites is 1. The number of fused-ring (bicyclic) bond motifs is 1. The van der Waals surface area contributed by atoms with Crippen LogP contribution in [0.15, 0.2) is 35.5 Å². The number of esters is 1. The predicted octanol–water partition coefficient (Wildman–Crippen LogP) is 2.47. The number of aromatic nitrogens is 3. The van der Waals surface area contributed by atoms with E-state index in [-0.39, 0.29) is 11.2 Å². The minimum Gasteiger partial charge on any atom is -0.468 e. The number of benzene rings is 1. The third-order valence-electron chi connectivity index (χ3n) is 3.64. The Kier molecular flexibility index (Phi) is 4.33. The largest absolute Gasteiger partial charge is 0.468 e. The van der Waals surface area contributed by atoms with Gasteiger partial charge in [0.15, 0.2) is 5.16 Å². The van der Waals surface area contributed by atoms with Crippen molar-refractivity contribution in [3.8, 4) is 0 Å². The van der Waals surface area contributed by atoms with Crippen LogP contribution in [0.4, 0.5) is 11.6 Å². The minimum atomic E-state index is -0.246. The van der Waals surface area contributed by atoms with E-state index in [1.807, 2.05) is 25.1 Å². The van der Waals surface area contributed by atoms with Gasteiger partial charge in [-0.05, 0) is 18.6 Å². The monoisotopic (exact) mass is 318 g/mol. The van der Waals surface area contributed by atoms with E-state index in [9.17, 15) is 4.79 Å². The molecular weight excluding hydrogens is 300 g/mol. The zero-order valence-electron chi connectivity index (χ0n) is 12.6. The van der Waals surface area contributed by atoms with Crippen LogP contribution in [0.3, 0.4) is 0 Å². The van der Waals surface area contributed by atoms with Gasteiger partial charge < -0.3 is 9.64 Å². The summed E-state index contributed by atoms with van der Waals surface area (Å²) in [7, 11) is 1.41. The van der Waals surface area contributed by atoms with Crippen molar-refractivity contribution in [2.75, 3.05) is 18.6 Å². The lowest BCUT2D eigenvalue weighted by molar-refractivity contribution is -0.140. The Bertz CT molecular complexity index is 659. The number of hydrogen-bond acceptors (Lipinski definition) is 6. The summed E-state index contributed by atoms with van der Waals surface area (Å²) in [5.74, 6) is 0.608. The highest BCUT2D eigenvalue weighted by Crippen LogP contribution is 2.33. The fraction of sp³-hybridized carbons (Fsp3) is 0.400. The summed E-state index contributed by atoms with van der Waals surface area (Å²) in [5.41, 5.74) is 1.10. The number of hydrogen-bond donors (Lipinski definition) is 0. The van der Waals surface area contributed by atoms with E-state index in [4.69, 9.17) is 4.74 Å². The van der Waals surface area contributed by atoms with E-state index < -0.39 is 0 Å². The zero-order valence-corrected chi connectivity index (χ0v) is 13.4. The van der Waals surface area contributed by atoms with Gasteiger partial charge in [-0.15, -0.1) is 10.2 Å². The molecule has 1 aromatic carbocycles. The molecule has 2 aromatic rings. The molecule has 0 aliphatic carbocycles. The van der Waals surface area contributed by atoms with Gasteiger partial charge >= 0.3 is 5.97 Å². The molecule has 0 bridgehead atoms. The molecule has 0 radical (unpaired) electrons. The Morgan fingerprint density at radius 3 is 2.77 bits per heavy atom. The number of methoxy groups -OCH3 is 1. The smallest absolute Gasteiger partial charge is 0.319 e. The van der Waals surface area contributed by atoms with Crippen molar-refractivity contribution >= 4 is 29.4 Å². The molecule has 0 spiro atoms. The molecule has 6 nitrogen and oxygen atoms in total. The van der Waals surface area contributed by atoms with E-state index in [1.165, 1.54) is 18.9 Å². The highest BCUT2D eigenvalue weighted by Gasteiger charge is 2.28. The van der Waals surface area contributed by atoms with E-state index in [1.54, 1.807) is 0 Å². The van der Waals surface area contributed by atoms with Crippen molar-refractivity contribution in [2.24, 2.45) is 0 Å². The molecule has 22 heavy (non-hydrogen) atoms. The molecule has 3 rings (SSSR count). The lowest BCUT2D eigenvalue weighted by Gasteiger charge is -2.14. The molecule has 0 unspecified atom stereocenters. The summed E-state index contributed by atoms with van der Waals surface area (Å²) in [4.78, 5) is 13.9. The fourth-order valence-corrected chi connectivity index (χ4v) is 3.47. The number of carbonyl (C=O) groups excluding carboxylic acids is 1. The summed E-state index contributed by atoms with van der Waals surface area (Å²) in [6.07, 6.45) is 0.696. The quantitative estimate of drug-likeness (QED) is 0.623. The second-order valence-electron chi connectivity index (χ2n) is 4.96. The fourth-order valence-electron chi connectivity index (χ4n) is 2.47. The lowest BCUT2D eigenvalue weighted by Crippen LogP contribution is -2.18. The number of ether oxygens (including phenoxy) is 1. The van der Waals surface area contributed by atoms with Crippen LogP contribution >= 0.6 is 11.8 Å². The Hall–Kier alpha value is -2.02. The molecule has 1 aliphatic heterocycles. The SMILES string of the molecule is CC[C@H](Sc1nnc2n1CCN2c1ccccc1)C(=O)OC. The third-order valence-corrected chi connectivity index (χ3v) is 4.96. The molecule has 116 valence electrons. The van der Waals surface area contributed by atoms with Crippen molar-refractivity contribution < 1.29 is 9.53 Å². The maximum absolute atomic E-state index is 11.7. The van der Waals surface area contributed by atoms with E-state index in [2.05, 4.69) is 31.8 Å². The molecule has 0 N–H and O–H groups in total. The average Bonchev–Trinajstić information content (AvgIpc) is 3.15. The van der Waals surface area contributed by atoms with Gasteiger partial charge in [-0.1, -0.05) is 36.9 Å². The molecule has 1 atom stereocenters. The van der Waals surface area contributed by atoms with Crippen molar-refractivity contribution in [3.05, 3.63) is 30.3 Å². The predicted molar refractivity (Wildman–Crippen MR) is 85.4 cm³/mol. The van der Waals surface area contributed by atoms with Crippen molar-refractivity contribution in [1.29, 1.82) is 0 Å². The highest BCUT2D eigenvalue weighted by atomic mass is 32.2. The Labute approximate surface area is 133 Å². The highest BCUT2D eigenvalue weighted by molar-refractivity contribution is 8.00. The first kappa shape index (κ1) is 14.9. The van der Waals surface area contributed by atoms with Crippen molar-refractivity contribution in [2.45, 2.75) is 30.3 Å². The molecule has 0 saturated heterocycles. The van der Waals surface area contributed by atoms with Crippen LogP contribution in [0.2, 0.25) is 0 Å². The maximum atomic E-state index is 11.7. The lowest BCUT2D eigenvalue weighted by atomic mass is 10.3. The van der Waals surface area contributed by atoms with Crippen LogP contribution in [-0.4, -0.2) is 39.6 Å². The minimum absolute atomic E-state index is 0.220. The molecule has 1 aliphatic rings. The zero-order chi connectivity index (χ0) is 15.5. The Morgan fingerprint density at radius 1 is 1.32 bits per heavy atom. The van der Waals surface area contributed by atoms with Crippen LogP contribution in [0.1, 0.15) is 13.3 Å². The molecule has 0 fully saturated rings. The Balaban J connectivity index is 1.82. The van der Waals surface area contributed by atoms with Gasteiger partial charge in [0, 0.05) is 18.8 Å². The molecule has 7 heteroatoms. The molecule has 1 aromatic heterocycles. The van der Waals surface area contributed by atoms with Gasteiger partial charge in [-0.2, -0.15) is 0 Å². The van der Waals surface area contributed by atoms with Gasteiger partial charge in [-0.25, -0.2) is 0 Å². The van der Waals surface area contributed by atoms with Crippen molar-refractivity contribution in [1.82, 2.24) is 14.8 Å². The van der Waals surface area contributed by atoms with E-state index >= 15 is 0 Å². The van der Waals surface area contributed by atoms with E-state index in [0.29, 0.717) is 6.42 Å². The van der Waals surface area contributed by atoms with Crippen LogP contribution in [0.25, 0.3) is 0 Å². The number of thioether (sulfide) groups is 1. The first-order chi connectivity index (χ1) is 10.7. The van der Waals surface area contributed by atoms with Gasteiger partial charge in [-0.3, -0.25) is 9.36 Å². The number of rotatable bonds is 5. The third kappa shape index (κ3) is 2.68. The number of nitrogens with zero attached hydrogens (tertiary/aromatic N) is 4. The van der Waals surface area contributed by atoms with Crippen LogP contribution in [-0.2, 0) is 16.1 Å². The van der Waals surface area contributed by atoms with Crippen LogP contribution in [0.5, 0.6) is 0 Å². The maximum Gasteiger partial charge on any atom is 0.319 e. The van der Waals surface area contributed by atoms with Gasteiger partial charge in [0.1, 0.15) is 5.25 Å². The summed E-state index contributed by atoms with van der Waals surface area (Å²) in [6.45, 7) is 3.64. The van der Waals surface area contributed by atoms with E-state index in [0.717, 1.165) is 29.9 Å². The molecule has 2 heterocycles. The van der Waals surface area contributed by atoms with Crippen LogP contribution in [0, 0.1) is 0 Å². The summed E-state index contributed by atoms with van der Waals surface area (Å²) < 4.78 is 6.89.